The highest BCUT2D eigenvalue weighted by Gasteiger charge is 2.15. The topological polar surface area (TPSA) is 12.0 Å². The fourth-order valence-electron chi connectivity index (χ4n) is 1.78. The van der Waals surface area contributed by atoms with E-state index in [0.717, 1.165) is 18.1 Å². The molecule has 1 rings (SSSR count). The third-order valence-corrected chi connectivity index (χ3v) is 2.93. The first kappa shape index (κ1) is 12.5. The molecule has 1 nitrogen and oxygen atoms in total. The molecule has 0 heterocycles. The lowest BCUT2D eigenvalue weighted by molar-refractivity contribution is 0.467. The van der Waals surface area contributed by atoms with Crippen molar-refractivity contribution in [2.75, 3.05) is 13.1 Å². The molecule has 15 heavy (non-hydrogen) atoms. The molecule has 0 saturated heterocycles. The van der Waals surface area contributed by atoms with Crippen LogP contribution in [-0.2, 0) is 0 Å². The van der Waals surface area contributed by atoms with E-state index >= 15 is 0 Å². The fraction of sp³-hybridized carbons (Fsp3) is 0.538. The second kappa shape index (κ2) is 6.14. The highest BCUT2D eigenvalue weighted by Crippen LogP contribution is 2.25. The number of benzene rings is 1. The monoisotopic (exact) mass is 225 g/mol. The standard InChI is InChI=1S/C13H20ClN/c1-4-15-9-13(10(2)3)11-6-5-7-12(14)8-11/h5-8,10,13,15H,4,9H2,1-3H3. The van der Waals surface area contributed by atoms with Crippen molar-refractivity contribution in [1.82, 2.24) is 5.32 Å². The summed E-state index contributed by atoms with van der Waals surface area (Å²) in [5.74, 6) is 1.17. The zero-order valence-electron chi connectivity index (χ0n) is 9.76. The Morgan fingerprint density at radius 2 is 2.07 bits per heavy atom. The molecule has 1 aromatic rings. The molecule has 1 N–H and O–H groups in total. The second-order valence-corrected chi connectivity index (χ2v) is 4.65. The Bertz CT molecular complexity index is 296. The predicted molar refractivity (Wildman–Crippen MR) is 67.6 cm³/mol. The molecule has 0 aliphatic heterocycles. The maximum Gasteiger partial charge on any atom is 0.0408 e. The summed E-state index contributed by atoms with van der Waals surface area (Å²) in [7, 11) is 0. The van der Waals surface area contributed by atoms with Crippen molar-refractivity contribution in [2.24, 2.45) is 5.92 Å². The van der Waals surface area contributed by atoms with E-state index in [9.17, 15) is 0 Å². The molecule has 0 fully saturated rings. The van der Waals surface area contributed by atoms with E-state index in [1.54, 1.807) is 0 Å². The maximum absolute atomic E-state index is 6.01. The third-order valence-electron chi connectivity index (χ3n) is 2.70. The van der Waals surface area contributed by atoms with Crippen LogP contribution >= 0.6 is 11.6 Å². The first-order chi connectivity index (χ1) is 7.15. The zero-order valence-corrected chi connectivity index (χ0v) is 10.5. The molecule has 1 unspecified atom stereocenters. The molecule has 84 valence electrons. The molecule has 0 aliphatic carbocycles. The van der Waals surface area contributed by atoms with Crippen molar-refractivity contribution in [3.63, 3.8) is 0 Å². The van der Waals surface area contributed by atoms with Crippen LogP contribution in [0.4, 0.5) is 0 Å². The molecular formula is C13H20ClN. The van der Waals surface area contributed by atoms with Gasteiger partial charge in [0.2, 0.25) is 0 Å². The van der Waals surface area contributed by atoms with Crippen molar-refractivity contribution in [3.05, 3.63) is 34.9 Å². The van der Waals surface area contributed by atoms with E-state index in [0.29, 0.717) is 11.8 Å². The normalized spacial score (nSPS) is 13.1. The van der Waals surface area contributed by atoms with E-state index in [2.05, 4.69) is 38.2 Å². The lowest BCUT2D eigenvalue weighted by Crippen LogP contribution is -2.24. The fourth-order valence-corrected chi connectivity index (χ4v) is 1.97. The number of rotatable bonds is 5. The van der Waals surface area contributed by atoms with Gasteiger partial charge in [0.15, 0.2) is 0 Å². The van der Waals surface area contributed by atoms with Gasteiger partial charge in [-0.05, 0) is 36.1 Å². The minimum atomic E-state index is 0.545. The number of hydrogen-bond acceptors (Lipinski definition) is 1. The Morgan fingerprint density at radius 3 is 2.60 bits per heavy atom. The van der Waals surface area contributed by atoms with Crippen LogP contribution in [0.1, 0.15) is 32.3 Å². The molecule has 2 heteroatoms. The smallest absolute Gasteiger partial charge is 0.0408 e. The zero-order chi connectivity index (χ0) is 11.3. The van der Waals surface area contributed by atoms with Crippen LogP contribution < -0.4 is 5.32 Å². The van der Waals surface area contributed by atoms with Gasteiger partial charge >= 0.3 is 0 Å². The van der Waals surface area contributed by atoms with E-state index < -0.39 is 0 Å². The molecule has 0 amide bonds. The van der Waals surface area contributed by atoms with Gasteiger partial charge in [0, 0.05) is 11.6 Å². The number of nitrogens with one attached hydrogen (secondary N) is 1. The van der Waals surface area contributed by atoms with Crippen LogP contribution in [0.15, 0.2) is 24.3 Å². The van der Waals surface area contributed by atoms with Gasteiger partial charge in [0.25, 0.3) is 0 Å². The van der Waals surface area contributed by atoms with Crippen LogP contribution in [0.5, 0.6) is 0 Å². The summed E-state index contributed by atoms with van der Waals surface area (Å²) in [6, 6.07) is 8.19. The molecule has 0 bridgehead atoms. The van der Waals surface area contributed by atoms with Crippen LogP contribution in [0.3, 0.4) is 0 Å². The van der Waals surface area contributed by atoms with E-state index in [-0.39, 0.29) is 0 Å². The van der Waals surface area contributed by atoms with Gasteiger partial charge in [-0.25, -0.2) is 0 Å². The largest absolute Gasteiger partial charge is 0.316 e. The van der Waals surface area contributed by atoms with Crippen molar-refractivity contribution >= 4 is 11.6 Å². The Labute approximate surface area is 97.8 Å². The van der Waals surface area contributed by atoms with Gasteiger partial charge in [-0.1, -0.05) is 44.5 Å². The number of halogens is 1. The van der Waals surface area contributed by atoms with Crippen molar-refractivity contribution in [2.45, 2.75) is 26.7 Å². The lowest BCUT2D eigenvalue weighted by Gasteiger charge is -2.21. The highest BCUT2D eigenvalue weighted by atomic mass is 35.5. The summed E-state index contributed by atoms with van der Waals surface area (Å²) >= 11 is 6.01. The predicted octanol–water partition coefficient (Wildman–Crippen LogP) is 3.69. The summed E-state index contributed by atoms with van der Waals surface area (Å²) in [5.41, 5.74) is 1.33. The van der Waals surface area contributed by atoms with Gasteiger partial charge in [-0.15, -0.1) is 0 Å². The van der Waals surface area contributed by atoms with E-state index in [1.165, 1.54) is 5.56 Å². The van der Waals surface area contributed by atoms with E-state index in [4.69, 9.17) is 11.6 Å². The lowest BCUT2D eigenvalue weighted by atomic mass is 9.88. The molecule has 0 saturated carbocycles. The molecule has 1 aromatic carbocycles. The number of likely N-dealkylation sites (N-methyl/N-ethyl adjacent to an activating group) is 1. The first-order valence-electron chi connectivity index (χ1n) is 5.61. The Kier molecular flexibility index (Phi) is 5.13. The number of hydrogen-bond donors (Lipinski definition) is 1. The first-order valence-corrected chi connectivity index (χ1v) is 5.99. The molecule has 1 atom stereocenters. The average Bonchev–Trinajstić information content (AvgIpc) is 2.18. The van der Waals surface area contributed by atoms with Gasteiger partial charge < -0.3 is 5.32 Å². The summed E-state index contributed by atoms with van der Waals surface area (Å²) in [6.45, 7) is 8.68. The third kappa shape index (κ3) is 3.84. The van der Waals surface area contributed by atoms with Crippen LogP contribution in [-0.4, -0.2) is 13.1 Å². The van der Waals surface area contributed by atoms with Gasteiger partial charge in [0.05, 0.1) is 0 Å². The maximum atomic E-state index is 6.01. The van der Waals surface area contributed by atoms with Crippen molar-refractivity contribution in [3.8, 4) is 0 Å². The summed E-state index contributed by atoms with van der Waals surface area (Å²) in [5, 5.41) is 4.23. The van der Waals surface area contributed by atoms with Crippen molar-refractivity contribution < 1.29 is 0 Å². The summed E-state index contributed by atoms with van der Waals surface area (Å²) < 4.78 is 0. The van der Waals surface area contributed by atoms with Gasteiger partial charge in [-0.2, -0.15) is 0 Å². The van der Waals surface area contributed by atoms with Crippen LogP contribution in [0, 0.1) is 5.92 Å². The average molecular weight is 226 g/mol. The van der Waals surface area contributed by atoms with Gasteiger partial charge in [0.1, 0.15) is 0 Å². The van der Waals surface area contributed by atoms with Crippen LogP contribution in [0.2, 0.25) is 5.02 Å². The molecule has 0 spiro atoms. The Hall–Kier alpha value is -0.530. The molecule has 0 radical (unpaired) electrons. The Morgan fingerprint density at radius 1 is 1.33 bits per heavy atom. The minimum absolute atomic E-state index is 0.545. The summed E-state index contributed by atoms with van der Waals surface area (Å²) in [4.78, 5) is 0. The van der Waals surface area contributed by atoms with Crippen molar-refractivity contribution in [1.29, 1.82) is 0 Å². The van der Waals surface area contributed by atoms with Gasteiger partial charge in [-0.3, -0.25) is 0 Å². The van der Waals surface area contributed by atoms with E-state index in [1.807, 2.05) is 12.1 Å². The van der Waals surface area contributed by atoms with Crippen LogP contribution in [0.25, 0.3) is 0 Å². The molecule has 0 aliphatic rings. The quantitative estimate of drug-likeness (QED) is 0.806. The summed E-state index contributed by atoms with van der Waals surface area (Å²) in [6.07, 6.45) is 0. The highest BCUT2D eigenvalue weighted by molar-refractivity contribution is 6.30. The Balaban J connectivity index is 2.79. The molecule has 0 aromatic heterocycles. The second-order valence-electron chi connectivity index (χ2n) is 4.21. The SMILES string of the molecule is CCNCC(c1cccc(Cl)c1)C(C)C. The molecular weight excluding hydrogens is 206 g/mol. The minimum Gasteiger partial charge on any atom is -0.316 e.